The Morgan fingerprint density at radius 3 is 2.62 bits per heavy atom. The number of para-hydroxylation sites is 1. The maximum absolute atomic E-state index is 13.2. The van der Waals surface area contributed by atoms with E-state index < -0.39 is 12.1 Å². The van der Waals surface area contributed by atoms with Gasteiger partial charge in [0.2, 0.25) is 0 Å². The smallest absolute Gasteiger partial charge is 0.344 e. The Balaban J connectivity index is 1.52. The number of aliphatic carboxylic acids is 1. The molecule has 1 aromatic heterocycles. The highest BCUT2D eigenvalue weighted by atomic mass is 32.1. The number of thiazole rings is 1. The summed E-state index contributed by atoms with van der Waals surface area (Å²) in [6, 6.07) is 21.3. The summed E-state index contributed by atoms with van der Waals surface area (Å²) in [5.41, 5.74) is 1.88. The maximum Gasteiger partial charge on any atom is 0.344 e. The van der Waals surface area contributed by atoms with Gasteiger partial charge in [0.25, 0.3) is 0 Å². The molecular formula is C26H25FN2O4S. The highest BCUT2D eigenvalue weighted by Gasteiger charge is 2.18. The predicted molar refractivity (Wildman–Crippen MR) is 131 cm³/mol. The van der Waals surface area contributed by atoms with Gasteiger partial charge in [-0.05, 0) is 60.5 Å². The number of carboxylic acid groups (broad SMARTS) is 1. The van der Waals surface area contributed by atoms with E-state index in [1.54, 1.807) is 36.5 Å². The standard InChI is InChI=1S/C26H25FN2O4S/c1-2-23(25(30)31)33-21-7-5-6-18(16-21)17-29(14-15-32-20-12-10-19(27)11-13-20)26-28-22-8-3-4-9-24(22)34-26/h3-13,16,23H,2,14-15,17H2,1H3,(H,30,31). The van der Waals surface area contributed by atoms with Crippen LogP contribution in [0.2, 0.25) is 0 Å². The van der Waals surface area contributed by atoms with Crippen molar-refractivity contribution in [1.82, 2.24) is 4.98 Å². The first-order valence-electron chi connectivity index (χ1n) is 11.0. The molecule has 6 nitrogen and oxygen atoms in total. The van der Waals surface area contributed by atoms with E-state index >= 15 is 0 Å². The normalized spacial score (nSPS) is 11.8. The fraction of sp³-hybridized carbons (Fsp3) is 0.231. The number of hydrogen-bond acceptors (Lipinski definition) is 6. The first-order valence-corrected chi connectivity index (χ1v) is 11.8. The number of halogens is 1. The van der Waals surface area contributed by atoms with Gasteiger partial charge in [-0.1, -0.05) is 42.5 Å². The van der Waals surface area contributed by atoms with Crippen LogP contribution in [0.3, 0.4) is 0 Å². The zero-order valence-corrected chi connectivity index (χ0v) is 19.5. The minimum Gasteiger partial charge on any atom is -0.492 e. The van der Waals surface area contributed by atoms with Gasteiger partial charge in [0.15, 0.2) is 11.2 Å². The van der Waals surface area contributed by atoms with Gasteiger partial charge in [0.1, 0.15) is 23.9 Å². The van der Waals surface area contributed by atoms with Gasteiger partial charge in [-0.3, -0.25) is 0 Å². The van der Waals surface area contributed by atoms with Gasteiger partial charge < -0.3 is 19.5 Å². The topological polar surface area (TPSA) is 71.9 Å². The van der Waals surface area contributed by atoms with Crippen LogP contribution in [-0.2, 0) is 11.3 Å². The second-order valence-electron chi connectivity index (χ2n) is 7.69. The van der Waals surface area contributed by atoms with Crippen LogP contribution in [0.15, 0.2) is 72.8 Å². The molecule has 3 aromatic carbocycles. The van der Waals surface area contributed by atoms with E-state index in [0.29, 0.717) is 37.6 Å². The molecule has 0 saturated carbocycles. The molecule has 0 radical (unpaired) electrons. The number of anilines is 1. The first kappa shape index (κ1) is 23.5. The van der Waals surface area contributed by atoms with Gasteiger partial charge in [-0.2, -0.15) is 0 Å². The number of nitrogens with zero attached hydrogens (tertiary/aromatic N) is 2. The lowest BCUT2D eigenvalue weighted by Gasteiger charge is -2.22. The molecule has 34 heavy (non-hydrogen) atoms. The Hall–Kier alpha value is -3.65. The van der Waals surface area contributed by atoms with Crippen LogP contribution in [0, 0.1) is 5.82 Å². The van der Waals surface area contributed by atoms with Crippen LogP contribution >= 0.6 is 11.3 Å². The van der Waals surface area contributed by atoms with E-state index in [0.717, 1.165) is 20.9 Å². The molecule has 4 aromatic rings. The van der Waals surface area contributed by atoms with Gasteiger partial charge in [0, 0.05) is 6.54 Å². The van der Waals surface area contributed by atoms with Crippen molar-refractivity contribution in [2.75, 3.05) is 18.1 Å². The van der Waals surface area contributed by atoms with Gasteiger partial charge >= 0.3 is 5.97 Å². The molecule has 0 aliphatic heterocycles. The summed E-state index contributed by atoms with van der Waals surface area (Å²) in [4.78, 5) is 18.2. The highest BCUT2D eigenvalue weighted by Crippen LogP contribution is 2.30. The number of aromatic nitrogens is 1. The van der Waals surface area contributed by atoms with E-state index in [9.17, 15) is 14.3 Å². The van der Waals surface area contributed by atoms with E-state index in [-0.39, 0.29) is 5.82 Å². The fourth-order valence-electron chi connectivity index (χ4n) is 3.45. The Kier molecular flexibility index (Phi) is 7.59. The van der Waals surface area contributed by atoms with Crippen molar-refractivity contribution in [2.24, 2.45) is 0 Å². The van der Waals surface area contributed by atoms with E-state index in [4.69, 9.17) is 14.5 Å². The van der Waals surface area contributed by atoms with Crippen molar-refractivity contribution in [2.45, 2.75) is 26.0 Å². The molecule has 0 aliphatic rings. The summed E-state index contributed by atoms with van der Waals surface area (Å²) in [5, 5.41) is 10.2. The summed E-state index contributed by atoms with van der Waals surface area (Å²) in [5.74, 6) is -0.181. The van der Waals surface area contributed by atoms with Gasteiger partial charge in [-0.25, -0.2) is 14.2 Å². The highest BCUT2D eigenvalue weighted by molar-refractivity contribution is 7.22. The number of carbonyl (C=O) groups is 1. The molecule has 0 fully saturated rings. The van der Waals surface area contributed by atoms with Crippen molar-refractivity contribution >= 4 is 32.7 Å². The average molecular weight is 481 g/mol. The molecule has 1 N–H and O–H groups in total. The summed E-state index contributed by atoms with van der Waals surface area (Å²) < 4.78 is 25.7. The van der Waals surface area contributed by atoms with Gasteiger partial charge in [0.05, 0.1) is 16.8 Å². The lowest BCUT2D eigenvalue weighted by molar-refractivity contribution is -0.145. The largest absolute Gasteiger partial charge is 0.492 e. The second kappa shape index (κ2) is 11.0. The Labute approximate surface area is 201 Å². The molecule has 0 aliphatic carbocycles. The first-order chi connectivity index (χ1) is 16.5. The number of hydrogen-bond donors (Lipinski definition) is 1. The fourth-order valence-corrected chi connectivity index (χ4v) is 4.44. The minimum absolute atomic E-state index is 0.307. The minimum atomic E-state index is -0.984. The molecule has 4 rings (SSSR count). The second-order valence-corrected chi connectivity index (χ2v) is 8.70. The molecule has 1 atom stereocenters. The molecule has 1 unspecified atom stereocenters. The third kappa shape index (κ3) is 6.02. The molecule has 0 amide bonds. The Morgan fingerprint density at radius 2 is 1.88 bits per heavy atom. The van der Waals surface area contributed by atoms with Crippen molar-refractivity contribution < 1.29 is 23.8 Å². The maximum atomic E-state index is 13.2. The number of rotatable bonds is 11. The monoisotopic (exact) mass is 480 g/mol. The number of benzene rings is 3. The molecule has 8 heteroatoms. The van der Waals surface area contributed by atoms with Crippen LogP contribution in [0.25, 0.3) is 10.2 Å². The molecule has 176 valence electrons. The Bertz CT molecular complexity index is 1210. The number of carboxylic acids is 1. The van der Waals surface area contributed by atoms with E-state index in [1.807, 2.05) is 42.5 Å². The number of ether oxygens (including phenoxy) is 2. The van der Waals surface area contributed by atoms with Crippen molar-refractivity contribution in [3.63, 3.8) is 0 Å². The van der Waals surface area contributed by atoms with Crippen LogP contribution < -0.4 is 14.4 Å². The van der Waals surface area contributed by atoms with Gasteiger partial charge in [-0.15, -0.1) is 0 Å². The molecule has 0 bridgehead atoms. The molecule has 0 spiro atoms. The summed E-state index contributed by atoms with van der Waals surface area (Å²) in [6.45, 7) is 3.25. The molecular weight excluding hydrogens is 455 g/mol. The van der Waals surface area contributed by atoms with Crippen molar-refractivity contribution in [3.8, 4) is 11.5 Å². The molecule has 0 saturated heterocycles. The number of fused-ring (bicyclic) bond motifs is 1. The third-order valence-electron chi connectivity index (χ3n) is 5.19. The van der Waals surface area contributed by atoms with Crippen LogP contribution in [0.5, 0.6) is 11.5 Å². The van der Waals surface area contributed by atoms with Crippen LogP contribution in [0.4, 0.5) is 9.52 Å². The SMILES string of the molecule is CCC(Oc1cccc(CN(CCOc2ccc(F)cc2)c2nc3ccccc3s2)c1)C(=O)O. The summed E-state index contributed by atoms with van der Waals surface area (Å²) in [6.07, 6.45) is -0.516. The van der Waals surface area contributed by atoms with E-state index in [2.05, 4.69) is 4.90 Å². The summed E-state index contributed by atoms with van der Waals surface area (Å²) in [7, 11) is 0. The van der Waals surface area contributed by atoms with Crippen molar-refractivity contribution in [3.05, 3.63) is 84.2 Å². The Morgan fingerprint density at radius 1 is 1.09 bits per heavy atom. The van der Waals surface area contributed by atoms with Crippen LogP contribution in [0.1, 0.15) is 18.9 Å². The predicted octanol–water partition coefficient (Wildman–Crippen LogP) is 5.76. The van der Waals surface area contributed by atoms with E-state index in [1.165, 1.54) is 12.1 Å². The third-order valence-corrected chi connectivity index (χ3v) is 6.29. The summed E-state index contributed by atoms with van der Waals surface area (Å²) >= 11 is 1.60. The van der Waals surface area contributed by atoms with Crippen LogP contribution in [-0.4, -0.2) is 35.3 Å². The lowest BCUT2D eigenvalue weighted by Crippen LogP contribution is -2.28. The average Bonchev–Trinajstić information content (AvgIpc) is 3.27. The zero-order valence-electron chi connectivity index (χ0n) is 18.7. The van der Waals surface area contributed by atoms with Crippen molar-refractivity contribution in [1.29, 1.82) is 0 Å². The molecule has 1 heterocycles. The zero-order chi connectivity index (χ0) is 23.9. The lowest BCUT2D eigenvalue weighted by atomic mass is 10.2. The quantitative estimate of drug-likeness (QED) is 0.294.